The fourth-order valence-corrected chi connectivity index (χ4v) is 2.39. The fourth-order valence-electron chi connectivity index (χ4n) is 1.32. The minimum absolute atomic E-state index is 0.286. The van der Waals surface area contributed by atoms with Crippen LogP contribution in [-0.4, -0.2) is 13.4 Å². The molecule has 1 aromatic heterocycles. The highest BCUT2D eigenvalue weighted by molar-refractivity contribution is 7.92. The molecule has 0 unspecified atom stereocenters. The second-order valence-electron chi connectivity index (χ2n) is 3.52. The predicted molar refractivity (Wildman–Crippen MR) is 65.9 cm³/mol. The van der Waals surface area contributed by atoms with Crippen molar-refractivity contribution in [2.24, 2.45) is 0 Å². The number of nitrogens with two attached hydrogens (primary N) is 1. The third-order valence-electron chi connectivity index (χ3n) is 2.14. The molecule has 1 aromatic carbocycles. The molecule has 94 valence electrons. The molecule has 0 atom stereocenters. The molecule has 3 N–H and O–H groups in total. The van der Waals surface area contributed by atoms with Crippen molar-refractivity contribution in [2.75, 3.05) is 10.5 Å². The zero-order chi connectivity index (χ0) is 13.2. The number of hydrogen-bond acceptors (Lipinski definition) is 4. The standard InChI is InChI=1S/C11H10FN3O2S/c12-10-2-1-7-14-11(10)18(16,17)15-9-5-3-8(13)4-6-9/h1-7,15H,13H2. The zero-order valence-electron chi connectivity index (χ0n) is 9.17. The molecule has 0 aliphatic rings. The van der Waals surface area contributed by atoms with Crippen molar-refractivity contribution in [2.45, 2.75) is 5.03 Å². The van der Waals surface area contributed by atoms with E-state index in [-0.39, 0.29) is 5.69 Å². The Morgan fingerprint density at radius 1 is 1.17 bits per heavy atom. The maximum absolute atomic E-state index is 13.4. The molecule has 0 fully saturated rings. The van der Waals surface area contributed by atoms with Gasteiger partial charge < -0.3 is 5.73 Å². The summed E-state index contributed by atoms with van der Waals surface area (Å²) in [6, 6.07) is 8.38. The Morgan fingerprint density at radius 2 is 1.83 bits per heavy atom. The van der Waals surface area contributed by atoms with Crippen LogP contribution >= 0.6 is 0 Å². The van der Waals surface area contributed by atoms with Crippen LogP contribution in [-0.2, 0) is 10.0 Å². The Balaban J connectivity index is 2.33. The van der Waals surface area contributed by atoms with Crippen molar-refractivity contribution < 1.29 is 12.8 Å². The Hall–Kier alpha value is -2.15. The summed E-state index contributed by atoms with van der Waals surface area (Å²) in [6.07, 6.45) is 1.21. The number of halogens is 1. The second-order valence-corrected chi connectivity index (χ2v) is 5.12. The number of nitrogens with one attached hydrogen (secondary N) is 1. The third-order valence-corrected chi connectivity index (χ3v) is 3.46. The van der Waals surface area contributed by atoms with Gasteiger partial charge in [-0.05, 0) is 36.4 Å². The van der Waals surface area contributed by atoms with Crippen LogP contribution in [0.5, 0.6) is 0 Å². The van der Waals surface area contributed by atoms with Crippen LogP contribution in [0.25, 0.3) is 0 Å². The van der Waals surface area contributed by atoms with Crippen LogP contribution in [0.15, 0.2) is 47.6 Å². The fraction of sp³-hybridized carbons (Fsp3) is 0. The molecule has 2 aromatic rings. The van der Waals surface area contributed by atoms with Crippen molar-refractivity contribution in [1.29, 1.82) is 0 Å². The van der Waals surface area contributed by atoms with Gasteiger partial charge in [0.15, 0.2) is 5.82 Å². The predicted octanol–water partition coefficient (Wildman–Crippen LogP) is 1.60. The quantitative estimate of drug-likeness (QED) is 0.827. The first-order valence-corrected chi connectivity index (χ1v) is 6.46. The van der Waals surface area contributed by atoms with E-state index in [1.807, 2.05) is 0 Å². The van der Waals surface area contributed by atoms with Gasteiger partial charge in [0.1, 0.15) is 0 Å². The number of nitrogen functional groups attached to an aromatic ring is 1. The molecule has 0 saturated heterocycles. The molecule has 0 amide bonds. The summed E-state index contributed by atoms with van der Waals surface area (Å²) in [5, 5.41) is -0.637. The number of benzene rings is 1. The maximum atomic E-state index is 13.4. The van der Waals surface area contributed by atoms with E-state index >= 15 is 0 Å². The van der Waals surface area contributed by atoms with Crippen LogP contribution in [0.2, 0.25) is 0 Å². The number of pyridine rings is 1. The van der Waals surface area contributed by atoms with E-state index in [0.29, 0.717) is 5.69 Å². The number of hydrogen-bond donors (Lipinski definition) is 2. The highest BCUT2D eigenvalue weighted by Crippen LogP contribution is 2.17. The Labute approximate surface area is 104 Å². The van der Waals surface area contributed by atoms with Gasteiger partial charge in [-0.1, -0.05) is 0 Å². The van der Waals surface area contributed by atoms with Crippen molar-refractivity contribution in [1.82, 2.24) is 4.98 Å². The molecule has 2 rings (SSSR count). The lowest BCUT2D eigenvalue weighted by Gasteiger charge is -2.07. The van der Waals surface area contributed by atoms with Gasteiger partial charge in [0.25, 0.3) is 10.0 Å². The summed E-state index contributed by atoms with van der Waals surface area (Å²) in [7, 11) is -4.03. The molecular weight excluding hydrogens is 257 g/mol. The molecule has 7 heteroatoms. The van der Waals surface area contributed by atoms with Crippen LogP contribution in [0, 0.1) is 5.82 Å². The lowest BCUT2D eigenvalue weighted by molar-refractivity contribution is 0.557. The average Bonchev–Trinajstić information content (AvgIpc) is 2.32. The molecule has 0 spiro atoms. The van der Waals surface area contributed by atoms with Gasteiger partial charge in [-0.15, -0.1) is 0 Å². The van der Waals surface area contributed by atoms with E-state index in [0.717, 1.165) is 6.07 Å². The molecule has 18 heavy (non-hydrogen) atoms. The molecule has 0 saturated carbocycles. The van der Waals surface area contributed by atoms with E-state index < -0.39 is 20.9 Å². The van der Waals surface area contributed by atoms with Gasteiger partial charge in [0.2, 0.25) is 5.03 Å². The van der Waals surface area contributed by atoms with Crippen LogP contribution in [0.3, 0.4) is 0 Å². The number of sulfonamides is 1. The lowest BCUT2D eigenvalue weighted by Crippen LogP contribution is -2.16. The van der Waals surface area contributed by atoms with Gasteiger partial charge in [-0.25, -0.2) is 9.37 Å². The molecule has 0 aliphatic carbocycles. The summed E-state index contributed by atoms with van der Waals surface area (Å²) < 4.78 is 39.3. The van der Waals surface area contributed by atoms with Crippen molar-refractivity contribution in [3.63, 3.8) is 0 Å². The first kappa shape index (κ1) is 12.3. The average molecular weight is 267 g/mol. The summed E-state index contributed by atoms with van der Waals surface area (Å²) in [4.78, 5) is 3.51. The molecule has 5 nitrogen and oxygen atoms in total. The number of anilines is 2. The molecule has 0 radical (unpaired) electrons. The molecule has 0 aliphatic heterocycles. The van der Waals surface area contributed by atoms with Crippen LogP contribution < -0.4 is 10.5 Å². The maximum Gasteiger partial charge on any atom is 0.282 e. The molecule has 0 bridgehead atoms. The van der Waals surface area contributed by atoms with E-state index in [1.165, 1.54) is 36.5 Å². The number of aromatic nitrogens is 1. The SMILES string of the molecule is Nc1ccc(NS(=O)(=O)c2ncccc2F)cc1. The minimum Gasteiger partial charge on any atom is -0.399 e. The topological polar surface area (TPSA) is 85.1 Å². The van der Waals surface area contributed by atoms with Gasteiger partial charge in [-0.3, -0.25) is 4.72 Å². The summed E-state index contributed by atoms with van der Waals surface area (Å²) in [6.45, 7) is 0. The van der Waals surface area contributed by atoms with Crippen LogP contribution in [0.4, 0.5) is 15.8 Å². The Bertz CT molecular complexity index is 656. The van der Waals surface area contributed by atoms with Crippen LogP contribution in [0.1, 0.15) is 0 Å². The highest BCUT2D eigenvalue weighted by atomic mass is 32.2. The smallest absolute Gasteiger partial charge is 0.282 e. The van der Waals surface area contributed by atoms with E-state index in [4.69, 9.17) is 5.73 Å². The van der Waals surface area contributed by atoms with Gasteiger partial charge in [-0.2, -0.15) is 8.42 Å². The van der Waals surface area contributed by atoms with Gasteiger partial charge in [0.05, 0.1) is 0 Å². The summed E-state index contributed by atoms with van der Waals surface area (Å²) >= 11 is 0. The van der Waals surface area contributed by atoms with Gasteiger partial charge in [0, 0.05) is 17.6 Å². The summed E-state index contributed by atoms with van der Waals surface area (Å²) in [5.74, 6) is -0.902. The Morgan fingerprint density at radius 3 is 2.44 bits per heavy atom. The summed E-state index contributed by atoms with van der Waals surface area (Å²) in [5.41, 5.74) is 6.26. The highest BCUT2D eigenvalue weighted by Gasteiger charge is 2.20. The first-order chi connectivity index (χ1) is 8.49. The van der Waals surface area contributed by atoms with Crippen molar-refractivity contribution in [3.8, 4) is 0 Å². The molecular formula is C11H10FN3O2S. The van der Waals surface area contributed by atoms with E-state index in [1.54, 1.807) is 0 Å². The van der Waals surface area contributed by atoms with E-state index in [9.17, 15) is 12.8 Å². The van der Waals surface area contributed by atoms with Gasteiger partial charge >= 0.3 is 0 Å². The number of nitrogens with zero attached hydrogens (tertiary/aromatic N) is 1. The van der Waals surface area contributed by atoms with Crippen molar-refractivity contribution in [3.05, 3.63) is 48.4 Å². The lowest BCUT2D eigenvalue weighted by atomic mass is 10.3. The minimum atomic E-state index is -4.03. The zero-order valence-corrected chi connectivity index (χ0v) is 9.99. The molecule has 1 heterocycles. The van der Waals surface area contributed by atoms with E-state index in [2.05, 4.69) is 9.71 Å². The Kier molecular flexibility index (Phi) is 3.15. The monoisotopic (exact) mass is 267 g/mol. The third kappa shape index (κ3) is 2.57. The second kappa shape index (κ2) is 4.61. The largest absolute Gasteiger partial charge is 0.399 e. The first-order valence-electron chi connectivity index (χ1n) is 4.98. The van der Waals surface area contributed by atoms with Crippen molar-refractivity contribution >= 4 is 21.4 Å². The normalized spacial score (nSPS) is 11.2. The number of rotatable bonds is 3.